The maximum Gasteiger partial charge on any atom is 0.287 e. The third kappa shape index (κ3) is 3.49. The summed E-state index contributed by atoms with van der Waals surface area (Å²) >= 11 is 1.41. The molecule has 0 saturated carbocycles. The highest BCUT2D eigenvalue weighted by Gasteiger charge is 2.16. The van der Waals surface area contributed by atoms with Crippen LogP contribution in [0.2, 0.25) is 0 Å². The van der Waals surface area contributed by atoms with Crippen molar-refractivity contribution >= 4 is 34.1 Å². The molecule has 0 atom stereocenters. The summed E-state index contributed by atoms with van der Waals surface area (Å²) in [7, 11) is 0. The van der Waals surface area contributed by atoms with Crippen molar-refractivity contribution in [3.05, 3.63) is 58.0 Å². The molecule has 24 heavy (non-hydrogen) atoms. The lowest BCUT2D eigenvalue weighted by Crippen LogP contribution is -2.29. The van der Waals surface area contributed by atoms with Gasteiger partial charge in [0.1, 0.15) is 5.58 Å². The number of rotatable bonds is 6. The van der Waals surface area contributed by atoms with Crippen molar-refractivity contribution in [3.63, 3.8) is 0 Å². The standard InChI is InChI=1S/C18H18N2O3S/c1-12-13-6-2-3-7-14(13)23-16(12)18(22)20-10-5-9-19-17(21)15-8-4-11-24-15/h2-4,6-8,11H,5,9-10H2,1H3,(H,19,21)(H,20,22). The van der Waals surface area contributed by atoms with Crippen LogP contribution in [0.4, 0.5) is 0 Å². The van der Waals surface area contributed by atoms with E-state index in [9.17, 15) is 9.59 Å². The molecule has 124 valence electrons. The lowest BCUT2D eigenvalue weighted by molar-refractivity contribution is 0.0927. The monoisotopic (exact) mass is 342 g/mol. The first kappa shape index (κ1) is 16.3. The van der Waals surface area contributed by atoms with Gasteiger partial charge in [0.25, 0.3) is 11.8 Å². The zero-order chi connectivity index (χ0) is 16.9. The summed E-state index contributed by atoms with van der Waals surface area (Å²) in [6.45, 7) is 2.86. The van der Waals surface area contributed by atoms with Crippen molar-refractivity contribution in [2.75, 3.05) is 13.1 Å². The summed E-state index contributed by atoms with van der Waals surface area (Å²) in [5, 5.41) is 8.47. The molecule has 2 heterocycles. The Balaban J connectivity index is 1.47. The molecule has 0 bridgehead atoms. The van der Waals surface area contributed by atoms with Crippen molar-refractivity contribution in [1.82, 2.24) is 10.6 Å². The van der Waals surface area contributed by atoms with Gasteiger partial charge in [-0.25, -0.2) is 0 Å². The van der Waals surface area contributed by atoms with Gasteiger partial charge in [-0.05, 0) is 30.9 Å². The Morgan fingerprint density at radius 3 is 2.50 bits per heavy atom. The number of thiophene rings is 1. The number of aryl methyl sites for hydroxylation is 1. The average Bonchev–Trinajstić information content (AvgIpc) is 3.23. The molecule has 0 saturated heterocycles. The Kier molecular flexibility index (Phi) is 4.96. The topological polar surface area (TPSA) is 71.3 Å². The average molecular weight is 342 g/mol. The summed E-state index contributed by atoms with van der Waals surface area (Å²) in [5.74, 6) is 0.0385. The molecule has 2 N–H and O–H groups in total. The molecule has 2 aromatic heterocycles. The number of carbonyl (C=O) groups excluding carboxylic acids is 2. The van der Waals surface area contributed by atoms with E-state index in [0.717, 1.165) is 10.9 Å². The van der Waals surface area contributed by atoms with E-state index in [-0.39, 0.29) is 11.8 Å². The van der Waals surface area contributed by atoms with Crippen LogP contribution < -0.4 is 10.6 Å². The van der Waals surface area contributed by atoms with Gasteiger partial charge in [-0.2, -0.15) is 0 Å². The zero-order valence-corrected chi connectivity index (χ0v) is 14.1. The molecular formula is C18H18N2O3S. The van der Waals surface area contributed by atoms with E-state index in [0.29, 0.717) is 35.7 Å². The van der Waals surface area contributed by atoms with E-state index in [4.69, 9.17) is 4.42 Å². The van der Waals surface area contributed by atoms with Gasteiger partial charge in [0.2, 0.25) is 0 Å². The first-order valence-electron chi connectivity index (χ1n) is 7.75. The number of fused-ring (bicyclic) bond motifs is 1. The summed E-state index contributed by atoms with van der Waals surface area (Å²) in [6, 6.07) is 11.2. The van der Waals surface area contributed by atoms with Crippen LogP contribution in [0.3, 0.4) is 0 Å². The highest BCUT2D eigenvalue weighted by molar-refractivity contribution is 7.12. The van der Waals surface area contributed by atoms with Gasteiger partial charge in [-0.3, -0.25) is 9.59 Å². The predicted octanol–water partition coefficient (Wildman–Crippen LogP) is 3.35. The number of carbonyl (C=O) groups is 2. The van der Waals surface area contributed by atoms with Crippen molar-refractivity contribution in [2.24, 2.45) is 0 Å². The number of hydrogen-bond donors (Lipinski definition) is 2. The normalized spacial score (nSPS) is 10.7. The van der Waals surface area contributed by atoms with E-state index in [1.54, 1.807) is 6.07 Å². The van der Waals surface area contributed by atoms with Crippen LogP contribution in [0.15, 0.2) is 46.2 Å². The second-order valence-corrected chi connectivity index (χ2v) is 6.34. The molecule has 0 aliphatic heterocycles. The Hall–Kier alpha value is -2.60. The number of amides is 2. The van der Waals surface area contributed by atoms with Crippen molar-refractivity contribution in [1.29, 1.82) is 0 Å². The summed E-state index contributed by atoms with van der Waals surface area (Å²) in [5.41, 5.74) is 1.55. The van der Waals surface area contributed by atoms with Crippen LogP contribution in [0, 0.1) is 6.92 Å². The Labute approximate surface area is 143 Å². The van der Waals surface area contributed by atoms with Crippen LogP contribution >= 0.6 is 11.3 Å². The molecule has 3 aromatic rings. The molecule has 0 aliphatic rings. The maximum absolute atomic E-state index is 12.2. The van der Waals surface area contributed by atoms with E-state index < -0.39 is 0 Å². The van der Waals surface area contributed by atoms with E-state index in [1.165, 1.54) is 11.3 Å². The molecule has 0 aliphatic carbocycles. The van der Waals surface area contributed by atoms with Gasteiger partial charge in [0.15, 0.2) is 5.76 Å². The third-order valence-corrected chi connectivity index (χ3v) is 4.59. The number of hydrogen-bond acceptors (Lipinski definition) is 4. The van der Waals surface area contributed by atoms with Gasteiger partial charge >= 0.3 is 0 Å². The molecule has 3 rings (SSSR count). The molecule has 0 unspecified atom stereocenters. The lowest BCUT2D eigenvalue weighted by atomic mass is 10.1. The van der Waals surface area contributed by atoms with Crippen LogP contribution in [0.1, 0.15) is 32.2 Å². The third-order valence-electron chi connectivity index (χ3n) is 3.72. The van der Waals surface area contributed by atoms with Gasteiger partial charge < -0.3 is 15.1 Å². The molecular weight excluding hydrogens is 324 g/mol. The summed E-state index contributed by atoms with van der Waals surface area (Å²) in [6.07, 6.45) is 0.655. The van der Waals surface area contributed by atoms with Crippen LogP contribution in [-0.4, -0.2) is 24.9 Å². The van der Waals surface area contributed by atoms with Gasteiger partial charge in [-0.15, -0.1) is 11.3 Å². The quantitative estimate of drug-likeness (QED) is 0.675. The molecule has 0 radical (unpaired) electrons. The summed E-state index contributed by atoms with van der Waals surface area (Å²) < 4.78 is 5.62. The van der Waals surface area contributed by atoms with Crippen molar-refractivity contribution in [2.45, 2.75) is 13.3 Å². The minimum Gasteiger partial charge on any atom is -0.451 e. The number of para-hydroxylation sites is 1. The summed E-state index contributed by atoms with van der Waals surface area (Å²) in [4.78, 5) is 24.7. The van der Waals surface area contributed by atoms with Crippen molar-refractivity contribution < 1.29 is 14.0 Å². The molecule has 0 fully saturated rings. The SMILES string of the molecule is Cc1c(C(=O)NCCCNC(=O)c2cccs2)oc2ccccc12. The van der Waals surface area contributed by atoms with Crippen LogP contribution in [-0.2, 0) is 0 Å². The number of nitrogens with one attached hydrogen (secondary N) is 2. The molecule has 5 nitrogen and oxygen atoms in total. The van der Waals surface area contributed by atoms with Gasteiger partial charge in [0.05, 0.1) is 4.88 Å². The molecule has 6 heteroatoms. The number of benzene rings is 1. The highest BCUT2D eigenvalue weighted by Crippen LogP contribution is 2.24. The Morgan fingerprint density at radius 2 is 1.79 bits per heavy atom. The zero-order valence-electron chi connectivity index (χ0n) is 13.3. The first-order valence-corrected chi connectivity index (χ1v) is 8.63. The first-order chi connectivity index (χ1) is 11.7. The molecule has 0 spiro atoms. The Morgan fingerprint density at radius 1 is 1.04 bits per heavy atom. The highest BCUT2D eigenvalue weighted by atomic mass is 32.1. The Bertz CT molecular complexity index is 852. The minimum absolute atomic E-state index is 0.0792. The van der Waals surface area contributed by atoms with Gasteiger partial charge in [-0.1, -0.05) is 24.3 Å². The van der Waals surface area contributed by atoms with E-state index in [1.807, 2.05) is 42.6 Å². The van der Waals surface area contributed by atoms with Crippen LogP contribution in [0.25, 0.3) is 11.0 Å². The molecule has 1 aromatic carbocycles. The lowest BCUT2D eigenvalue weighted by Gasteiger charge is -2.05. The predicted molar refractivity (Wildman–Crippen MR) is 94.6 cm³/mol. The van der Waals surface area contributed by atoms with Gasteiger partial charge in [0, 0.05) is 24.0 Å². The fourth-order valence-corrected chi connectivity index (χ4v) is 3.10. The van der Waals surface area contributed by atoms with Crippen LogP contribution in [0.5, 0.6) is 0 Å². The fraction of sp³-hybridized carbons (Fsp3) is 0.222. The second kappa shape index (κ2) is 7.31. The smallest absolute Gasteiger partial charge is 0.287 e. The van der Waals surface area contributed by atoms with E-state index >= 15 is 0 Å². The molecule has 2 amide bonds. The van der Waals surface area contributed by atoms with E-state index in [2.05, 4.69) is 10.6 Å². The number of furan rings is 1. The largest absolute Gasteiger partial charge is 0.451 e. The fourth-order valence-electron chi connectivity index (χ4n) is 2.46. The minimum atomic E-state index is -0.228. The van der Waals surface area contributed by atoms with Crippen molar-refractivity contribution in [3.8, 4) is 0 Å². The maximum atomic E-state index is 12.2. The second-order valence-electron chi connectivity index (χ2n) is 5.40.